The molecule has 0 aliphatic rings. The van der Waals surface area contributed by atoms with Gasteiger partial charge in [-0.3, -0.25) is 0 Å². The van der Waals surface area contributed by atoms with Crippen molar-refractivity contribution in [3.63, 3.8) is 0 Å². The van der Waals surface area contributed by atoms with Gasteiger partial charge in [0.2, 0.25) is 0 Å². The molecule has 0 fully saturated rings. The minimum Gasteiger partial charge on any atom is -0.413 e. The molecule has 0 aliphatic carbocycles. The molecular formula is CH4BClO2. The van der Waals surface area contributed by atoms with E-state index in [1.54, 1.807) is 0 Å². The molecule has 0 aromatic rings. The van der Waals surface area contributed by atoms with Gasteiger partial charge in [-0.05, 0) is 0 Å². The fourth-order valence-electron chi connectivity index (χ4n) is 0. The van der Waals surface area contributed by atoms with Crippen LogP contribution in [0.5, 0.6) is 0 Å². The third-order valence-electron chi connectivity index (χ3n) is 0.194. The molecule has 1 N–H and O–H groups in total. The van der Waals surface area contributed by atoms with Crippen LogP contribution < -0.4 is 0 Å². The average Bonchev–Trinajstić information content (AvgIpc) is 1.38. The molecule has 0 heterocycles. The standard InChI is InChI=1S/CH4BClO2/c1-5-2(3)4/h4H,1H3. The number of hydrogen-bond donors (Lipinski definition) is 1. The summed E-state index contributed by atoms with van der Waals surface area (Å²) in [6.45, 7) is -1.14. The van der Waals surface area contributed by atoms with E-state index in [9.17, 15) is 0 Å². The first-order chi connectivity index (χ1) is 2.27. The Morgan fingerprint density at radius 3 is 2.20 bits per heavy atom. The maximum absolute atomic E-state index is 7.90. The number of halogens is 1. The third kappa shape index (κ3) is 4.27. The van der Waals surface area contributed by atoms with Crippen molar-refractivity contribution >= 4 is 18.0 Å². The monoisotopic (exact) mass is 94.0 g/mol. The van der Waals surface area contributed by atoms with Crippen molar-refractivity contribution < 1.29 is 9.68 Å². The lowest BCUT2D eigenvalue weighted by atomic mass is 10.4. The zero-order chi connectivity index (χ0) is 4.28. The largest absolute Gasteiger partial charge is 0.568 e. The van der Waals surface area contributed by atoms with E-state index in [2.05, 4.69) is 4.65 Å². The Morgan fingerprint density at radius 1 is 2.00 bits per heavy atom. The molecule has 4 heteroatoms. The third-order valence-corrected chi connectivity index (χ3v) is 0.373. The van der Waals surface area contributed by atoms with E-state index in [1.807, 2.05) is 0 Å². The van der Waals surface area contributed by atoms with E-state index in [4.69, 9.17) is 16.5 Å². The highest BCUT2D eigenvalue weighted by atomic mass is 35.5. The molecule has 0 spiro atoms. The van der Waals surface area contributed by atoms with Crippen LogP contribution in [0, 0.1) is 0 Å². The van der Waals surface area contributed by atoms with E-state index < -0.39 is 6.53 Å². The van der Waals surface area contributed by atoms with Gasteiger partial charge in [-0.25, -0.2) is 0 Å². The lowest BCUT2D eigenvalue weighted by Crippen LogP contribution is -2.03. The van der Waals surface area contributed by atoms with Gasteiger partial charge in [0.15, 0.2) is 0 Å². The normalized spacial score (nSPS) is 7.80. The molecule has 0 aromatic heterocycles. The smallest absolute Gasteiger partial charge is 0.413 e. The van der Waals surface area contributed by atoms with Crippen molar-refractivity contribution in [1.82, 2.24) is 0 Å². The first-order valence-corrected chi connectivity index (χ1v) is 1.56. The average molecular weight is 94.3 g/mol. The molecule has 0 aromatic carbocycles. The zero-order valence-corrected chi connectivity index (χ0v) is 3.57. The maximum atomic E-state index is 7.90. The van der Waals surface area contributed by atoms with Crippen molar-refractivity contribution in [3.05, 3.63) is 0 Å². The van der Waals surface area contributed by atoms with E-state index >= 15 is 0 Å². The minimum atomic E-state index is -1.14. The van der Waals surface area contributed by atoms with Crippen LogP contribution in [-0.2, 0) is 4.65 Å². The highest BCUT2D eigenvalue weighted by molar-refractivity contribution is 6.98. The fraction of sp³-hybridized carbons (Fsp3) is 1.00. The topological polar surface area (TPSA) is 29.5 Å². The number of hydrogen-bond acceptors (Lipinski definition) is 2. The zero-order valence-electron chi connectivity index (χ0n) is 2.81. The molecule has 0 bridgehead atoms. The van der Waals surface area contributed by atoms with Crippen molar-refractivity contribution in [1.29, 1.82) is 0 Å². The van der Waals surface area contributed by atoms with Gasteiger partial charge in [0.25, 0.3) is 0 Å². The lowest BCUT2D eigenvalue weighted by molar-refractivity contribution is 0.349. The molecule has 0 aliphatic heterocycles. The Morgan fingerprint density at radius 2 is 2.20 bits per heavy atom. The number of rotatable bonds is 1. The van der Waals surface area contributed by atoms with Crippen molar-refractivity contribution in [2.45, 2.75) is 0 Å². The van der Waals surface area contributed by atoms with Crippen LogP contribution in [0.4, 0.5) is 0 Å². The van der Waals surface area contributed by atoms with Gasteiger partial charge in [-0.1, -0.05) is 0 Å². The van der Waals surface area contributed by atoms with Crippen molar-refractivity contribution in [3.8, 4) is 0 Å². The molecule has 0 saturated carbocycles. The molecule has 0 unspecified atom stereocenters. The Bertz CT molecular complexity index is 23.6. The highest BCUT2D eigenvalue weighted by Crippen LogP contribution is 1.78. The van der Waals surface area contributed by atoms with Crippen LogP contribution in [0.15, 0.2) is 0 Å². The molecule has 30 valence electrons. The summed E-state index contributed by atoms with van der Waals surface area (Å²) >= 11 is 4.80. The first kappa shape index (κ1) is 5.27. The van der Waals surface area contributed by atoms with Gasteiger partial charge >= 0.3 is 6.53 Å². The molecule has 0 amide bonds. The highest BCUT2D eigenvalue weighted by Gasteiger charge is 1.99. The summed E-state index contributed by atoms with van der Waals surface area (Å²) in [4.78, 5) is 0. The molecule has 2 nitrogen and oxygen atoms in total. The molecule has 0 radical (unpaired) electrons. The van der Waals surface area contributed by atoms with E-state index in [1.165, 1.54) is 7.11 Å². The van der Waals surface area contributed by atoms with Crippen molar-refractivity contribution in [2.24, 2.45) is 0 Å². The SMILES string of the molecule is COB(O)Cl. The van der Waals surface area contributed by atoms with Gasteiger partial charge in [-0.2, -0.15) is 0 Å². The molecule has 0 atom stereocenters. The molecule has 5 heavy (non-hydrogen) atoms. The quantitative estimate of drug-likeness (QED) is 0.458. The van der Waals surface area contributed by atoms with E-state index in [0.29, 0.717) is 0 Å². The Hall–Kier alpha value is 0.275. The second kappa shape index (κ2) is 2.51. The summed E-state index contributed by atoms with van der Waals surface area (Å²) in [5.74, 6) is 0. The molecular weight excluding hydrogens is 90.3 g/mol. The minimum absolute atomic E-state index is 1.14. The van der Waals surface area contributed by atoms with Gasteiger partial charge in [0.1, 0.15) is 0 Å². The van der Waals surface area contributed by atoms with Crippen LogP contribution >= 0.6 is 11.5 Å². The summed E-state index contributed by atoms with van der Waals surface area (Å²) in [5, 5.41) is 7.90. The summed E-state index contributed by atoms with van der Waals surface area (Å²) in [6.07, 6.45) is 0. The predicted octanol–water partition coefficient (Wildman–Crippen LogP) is -0.151. The summed E-state index contributed by atoms with van der Waals surface area (Å²) in [5.41, 5.74) is 0. The van der Waals surface area contributed by atoms with Crippen molar-refractivity contribution in [2.75, 3.05) is 7.11 Å². The second-order valence-electron chi connectivity index (χ2n) is 0.528. The van der Waals surface area contributed by atoms with Crippen LogP contribution in [0.25, 0.3) is 0 Å². The lowest BCUT2D eigenvalue weighted by Gasteiger charge is -1.83. The van der Waals surface area contributed by atoms with Gasteiger partial charge in [0, 0.05) is 7.11 Å². The maximum Gasteiger partial charge on any atom is 0.568 e. The van der Waals surface area contributed by atoms with Crippen LogP contribution in [-0.4, -0.2) is 18.7 Å². The summed E-state index contributed by atoms with van der Waals surface area (Å²) in [7, 11) is 1.32. The van der Waals surface area contributed by atoms with Crippen LogP contribution in [0.2, 0.25) is 0 Å². The van der Waals surface area contributed by atoms with E-state index in [0.717, 1.165) is 0 Å². The van der Waals surface area contributed by atoms with E-state index in [-0.39, 0.29) is 0 Å². The first-order valence-electron chi connectivity index (χ1n) is 1.12. The summed E-state index contributed by atoms with van der Waals surface area (Å²) < 4.78 is 4.07. The predicted molar refractivity (Wildman–Crippen MR) is 20.8 cm³/mol. The Balaban J connectivity index is 2.54. The molecule has 0 saturated heterocycles. The Kier molecular flexibility index (Phi) is 2.65. The Labute approximate surface area is 35.8 Å². The van der Waals surface area contributed by atoms with Gasteiger partial charge in [-0.15, -0.1) is 11.5 Å². The molecule has 0 rings (SSSR count). The van der Waals surface area contributed by atoms with Crippen LogP contribution in [0.3, 0.4) is 0 Å². The van der Waals surface area contributed by atoms with Gasteiger partial charge in [0.05, 0.1) is 0 Å². The second-order valence-corrected chi connectivity index (χ2v) is 0.901. The fourth-order valence-corrected chi connectivity index (χ4v) is 0. The van der Waals surface area contributed by atoms with Crippen LogP contribution in [0.1, 0.15) is 0 Å². The van der Waals surface area contributed by atoms with Gasteiger partial charge < -0.3 is 9.68 Å². The summed E-state index contributed by atoms with van der Waals surface area (Å²) in [6, 6.07) is 0.